The average molecular weight is 312 g/mol. The summed E-state index contributed by atoms with van der Waals surface area (Å²) in [6, 6.07) is 4.77. The van der Waals surface area contributed by atoms with Crippen molar-refractivity contribution in [3.8, 4) is 0 Å². The van der Waals surface area contributed by atoms with E-state index in [1.807, 2.05) is 0 Å². The third-order valence-corrected chi connectivity index (χ3v) is 5.63. The Labute approximate surface area is 120 Å². The first-order valence-corrected chi connectivity index (χ1v) is 7.89. The monoisotopic (exact) mass is 312 g/mol. The molecule has 0 spiro atoms. The van der Waals surface area contributed by atoms with E-state index in [0.717, 1.165) is 11.3 Å². The van der Waals surface area contributed by atoms with E-state index in [4.69, 9.17) is 5.11 Å². The lowest BCUT2D eigenvalue weighted by Gasteiger charge is -2.07. The molecule has 6 nitrogen and oxygen atoms in total. The topological polar surface area (TPSA) is 96.4 Å². The number of aromatic carboxylic acids is 1. The van der Waals surface area contributed by atoms with E-state index in [2.05, 4.69) is 9.71 Å². The Morgan fingerprint density at radius 1 is 1.35 bits per heavy atom. The van der Waals surface area contributed by atoms with Crippen LogP contribution in [0.4, 0.5) is 5.82 Å². The van der Waals surface area contributed by atoms with Gasteiger partial charge in [-0.25, -0.2) is 18.2 Å². The van der Waals surface area contributed by atoms with Crippen molar-refractivity contribution >= 4 is 33.1 Å². The van der Waals surface area contributed by atoms with Crippen molar-refractivity contribution in [2.24, 2.45) is 0 Å². The number of anilines is 1. The molecule has 2 heterocycles. The third-order valence-electron chi connectivity index (χ3n) is 2.59. The molecule has 2 N–H and O–H groups in total. The van der Waals surface area contributed by atoms with Crippen molar-refractivity contribution in [2.75, 3.05) is 4.72 Å². The second-order valence-electron chi connectivity index (χ2n) is 4.16. The molecule has 0 atom stereocenters. The van der Waals surface area contributed by atoms with Crippen molar-refractivity contribution < 1.29 is 18.3 Å². The fourth-order valence-electron chi connectivity index (χ4n) is 1.57. The highest BCUT2D eigenvalue weighted by atomic mass is 32.2. The largest absolute Gasteiger partial charge is 0.477 e. The lowest BCUT2D eigenvalue weighted by Crippen LogP contribution is -2.13. The van der Waals surface area contributed by atoms with Crippen molar-refractivity contribution in [3.05, 3.63) is 40.4 Å². The number of thiophene rings is 1. The summed E-state index contributed by atoms with van der Waals surface area (Å²) in [5.41, 5.74) is 1.10. The summed E-state index contributed by atoms with van der Waals surface area (Å²) < 4.78 is 26.7. The van der Waals surface area contributed by atoms with Crippen molar-refractivity contribution in [1.29, 1.82) is 0 Å². The van der Waals surface area contributed by atoms with E-state index in [0.29, 0.717) is 11.1 Å². The van der Waals surface area contributed by atoms with Crippen molar-refractivity contribution in [3.63, 3.8) is 0 Å². The first kappa shape index (κ1) is 14.5. The smallest absolute Gasteiger partial charge is 0.346 e. The van der Waals surface area contributed by atoms with E-state index in [1.54, 1.807) is 26.0 Å². The molecule has 0 aromatic carbocycles. The molecule has 0 fully saturated rings. The number of sulfonamides is 1. The van der Waals surface area contributed by atoms with Crippen LogP contribution in [0.2, 0.25) is 0 Å². The number of carboxylic acids is 1. The Kier molecular flexibility index (Phi) is 3.78. The van der Waals surface area contributed by atoms with Crippen LogP contribution < -0.4 is 4.72 Å². The molecular weight excluding hydrogens is 300 g/mol. The molecule has 0 saturated carbocycles. The molecule has 106 valence electrons. The SMILES string of the molecule is Cc1cccnc1NS(=O)(=O)c1cc(C)c(C(=O)O)s1. The van der Waals surface area contributed by atoms with Gasteiger partial charge >= 0.3 is 5.97 Å². The number of aryl methyl sites for hydroxylation is 2. The molecule has 0 aliphatic rings. The molecule has 0 aliphatic carbocycles. The number of nitrogens with zero attached hydrogens (tertiary/aromatic N) is 1. The minimum Gasteiger partial charge on any atom is -0.477 e. The molecular formula is C12H12N2O4S2. The molecule has 0 amide bonds. The summed E-state index contributed by atoms with van der Waals surface area (Å²) >= 11 is 0.722. The highest BCUT2D eigenvalue weighted by molar-refractivity contribution is 7.94. The molecule has 0 bridgehead atoms. The van der Waals surface area contributed by atoms with Gasteiger partial charge < -0.3 is 5.11 Å². The Morgan fingerprint density at radius 3 is 2.60 bits per heavy atom. The van der Waals surface area contributed by atoms with Crippen LogP contribution in [0.5, 0.6) is 0 Å². The van der Waals surface area contributed by atoms with Gasteiger partial charge in [-0.05, 0) is 37.1 Å². The van der Waals surface area contributed by atoms with Crippen LogP contribution in [0.1, 0.15) is 20.8 Å². The summed E-state index contributed by atoms with van der Waals surface area (Å²) in [6.07, 6.45) is 1.48. The summed E-state index contributed by atoms with van der Waals surface area (Å²) in [6.45, 7) is 3.29. The number of carbonyl (C=O) groups is 1. The summed E-state index contributed by atoms with van der Waals surface area (Å²) in [5.74, 6) is -0.904. The van der Waals surface area contributed by atoms with E-state index in [1.165, 1.54) is 12.3 Å². The van der Waals surface area contributed by atoms with Gasteiger partial charge in [-0.3, -0.25) is 4.72 Å². The average Bonchev–Trinajstić information content (AvgIpc) is 2.75. The quantitative estimate of drug-likeness (QED) is 0.902. The Balaban J connectivity index is 2.39. The zero-order valence-corrected chi connectivity index (χ0v) is 12.4. The summed E-state index contributed by atoms with van der Waals surface area (Å²) in [5, 5.41) is 8.96. The standard InChI is InChI=1S/C12H12N2O4S2/c1-7-4-3-5-13-11(7)14-20(17,18)9-6-8(2)10(19-9)12(15)16/h3-6H,1-2H3,(H,13,14)(H,15,16). The predicted octanol–water partition coefficient (Wildman–Crippen LogP) is 2.26. The number of aromatic nitrogens is 1. The number of pyridine rings is 1. The highest BCUT2D eigenvalue weighted by Gasteiger charge is 2.22. The number of hydrogen-bond donors (Lipinski definition) is 2. The van der Waals surface area contributed by atoms with Gasteiger partial charge in [-0.2, -0.15) is 0 Å². The Morgan fingerprint density at radius 2 is 2.05 bits per heavy atom. The molecule has 2 rings (SSSR count). The molecule has 8 heteroatoms. The van der Waals surface area contributed by atoms with Gasteiger partial charge in [0, 0.05) is 6.20 Å². The van der Waals surface area contributed by atoms with Gasteiger partial charge in [0.1, 0.15) is 14.9 Å². The molecule has 0 unspecified atom stereocenters. The molecule has 20 heavy (non-hydrogen) atoms. The Hall–Kier alpha value is -1.93. The lowest BCUT2D eigenvalue weighted by molar-refractivity contribution is 0.0701. The minimum absolute atomic E-state index is 0.0168. The number of rotatable bonds is 4. The molecule has 2 aromatic heterocycles. The zero-order valence-electron chi connectivity index (χ0n) is 10.7. The second kappa shape index (κ2) is 5.22. The molecule has 2 aromatic rings. The van der Waals surface area contributed by atoms with Crippen LogP contribution in [0.25, 0.3) is 0 Å². The zero-order chi connectivity index (χ0) is 14.9. The fourth-order valence-corrected chi connectivity index (χ4v) is 4.03. The summed E-state index contributed by atoms with van der Waals surface area (Å²) in [4.78, 5) is 14.9. The van der Waals surface area contributed by atoms with Crippen LogP contribution in [0.15, 0.2) is 28.6 Å². The van der Waals surface area contributed by atoms with Crippen LogP contribution in [-0.4, -0.2) is 24.5 Å². The number of nitrogens with one attached hydrogen (secondary N) is 1. The fraction of sp³-hybridized carbons (Fsp3) is 0.167. The van der Waals surface area contributed by atoms with Crippen molar-refractivity contribution in [2.45, 2.75) is 18.1 Å². The van der Waals surface area contributed by atoms with E-state index < -0.39 is 16.0 Å². The maximum atomic E-state index is 12.2. The maximum Gasteiger partial charge on any atom is 0.346 e. The van der Waals surface area contributed by atoms with Gasteiger partial charge in [-0.15, -0.1) is 11.3 Å². The summed E-state index contributed by atoms with van der Waals surface area (Å²) in [7, 11) is -3.83. The van der Waals surface area contributed by atoms with Gasteiger partial charge in [0.15, 0.2) is 0 Å². The van der Waals surface area contributed by atoms with E-state index >= 15 is 0 Å². The minimum atomic E-state index is -3.83. The number of carboxylic acid groups (broad SMARTS) is 1. The molecule has 0 radical (unpaired) electrons. The van der Waals surface area contributed by atoms with E-state index in [-0.39, 0.29) is 14.9 Å². The van der Waals surface area contributed by atoms with E-state index in [9.17, 15) is 13.2 Å². The molecule has 0 aliphatic heterocycles. The van der Waals surface area contributed by atoms with Crippen LogP contribution in [-0.2, 0) is 10.0 Å². The maximum absolute atomic E-state index is 12.2. The molecule has 0 saturated heterocycles. The predicted molar refractivity (Wildman–Crippen MR) is 75.8 cm³/mol. The lowest BCUT2D eigenvalue weighted by atomic mass is 10.3. The van der Waals surface area contributed by atoms with Gasteiger partial charge in [-0.1, -0.05) is 6.07 Å². The van der Waals surface area contributed by atoms with Crippen molar-refractivity contribution in [1.82, 2.24) is 4.98 Å². The van der Waals surface area contributed by atoms with Crippen LogP contribution >= 0.6 is 11.3 Å². The van der Waals surface area contributed by atoms with Gasteiger partial charge in [0.2, 0.25) is 0 Å². The third kappa shape index (κ3) is 2.81. The van der Waals surface area contributed by atoms with Gasteiger partial charge in [0.25, 0.3) is 10.0 Å². The normalized spacial score (nSPS) is 11.3. The first-order valence-electron chi connectivity index (χ1n) is 5.59. The number of hydrogen-bond acceptors (Lipinski definition) is 5. The van der Waals surface area contributed by atoms with Gasteiger partial charge in [0.05, 0.1) is 0 Å². The first-order chi connectivity index (χ1) is 9.31. The Bertz CT molecular complexity index is 766. The highest BCUT2D eigenvalue weighted by Crippen LogP contribution is 2.27. The van der Waals surface area contributed by atoms with Crippen LogP contribution in [0.3, 0.4) is 0 Å². The van der Waals surface area contributed by atoms with Crippen LogP contribution in [0, 0.1) is 13.8 Å². The second-order valence-corrected chi connectivity index (χ2v) is 7.12.